The second kappa shape index (κ2) is 5.91. The second-order valence-electron chi connectivity index (χ2n) is 4.10. The Labute approximate surface area is 118 Å². The van der Waals surface area contributed by atoms with Crippen LogP contribution in [-0.4, -0.2) is 17.0 Å². The van der Waals surface area contributed by atoms with E-state index >= 15 is 0 Å². The van der Waals surface area contributed by atoms with Crippen molar-refractivity contribution in [1.82, 2.24) is 0 Å². The van der Waals surface area contributed by atoms with Crippen LogP contribution >= 0.6 is 0 Å². The van der Waals surface area contributed by atoms with Gasteiger partial charge in [-0.05, 0) is 24.3 Å². The maximum absolute atomic E-state index is 13.1. The Kier molecular flexibility index (Phi) is 4.03. The highest BCUT2D eigenvalue weighted by molar-refractivity contribution is 6.13. The van der Waals surface area contributed by atoms with Crippen LogP contribution in [0, 0.1) is 10.7 Å². The van der Waals surface area contributed by atoms with Crippen molar-refractivity contribution in [3.8, 4) is 0 Å². The maximum atomic E-state index is 13.1. The molecule has 1 amide bonds. The summed E-state index contributed by atoms with van der Waals surface area (Å²) >= 11 is 0. The first-order valence-corrected chi connectivity index (χ1v) is 5.84. The zero-order valence-corrected chi connectivity index (χ0v) is 10.6. The summed E-state index contributed by atoms with van der Waals surface area (Å²) in [7, 11) is 0. The van der Waals surface area contributed by atoms with Gasteiger partial charge in [0.1, 0.15) is 11.4 Å². The van der Waals surface area contributed by atoms with Gasteiger partial charge in [0, 0.05) is 21.8 Å². The summed E-state index contributed by atoms with van der Waals surface area (Å²) in [6, 6.07) is 8.92. The number of carboxylic acids is 1. The molecule has 0 aliphatic rings. The molecule has 0 bridgehead atoms. The van der Waals surface area contributed by atoms with Crippen LogP contribution in [0.3, 0.4) is 0 Å². The molecule has 0 fully saturated rings. The van der Waals surface area contributed by atoms with E-state index in [1.54, 1.807) is 0 Å². The number of carboxylic acid groups (broad SMARTS) is 1. The SMILES string of the molecule is O=[NH+]c1cccc(C(=O)O)c1C(=O)Nc1cccc(F)c1. The van der Waals surface area contributed by atoms with E-state index in [-0.39, 0.29) is 22.5 Å². The molecular formula is C14H10FN2O4+. The fraction of sp³-hybridized carbons (Fsp3) is 0. The summed E-state index contributed by atoms with van der Waals surface area (Å²) < 4.78 is 13.1. The number of hydrogen-bond donors (Lipinski definition) is 3. The molecule has 0 saturated heterocycles. The first-order chi connectivity index (χ1) is 10.0. The first-order valence-electron chi connectivity index (χ1n) is 5.84. The normalized spacial score (nSPS) is 9.95. The average molecular weight is 289 g/mol. The molecule has 2 aromatic rings. The molecule has 106 valence electrons. The molecule has 3 N–H and O–H groups in total. The third-order valence-electron chi connectivity index (χ3n) is 2.71. The topological polar surface area (TPSA) is 97.4 Å². The van der Waals surface area contributed by atoms with Crippen LogP contribution < -0.4 is 10.5 Å². The van der Waals surface area contributed by atoms with Crippen LogP contribution in [0.25, 0.3) is 0 Å². The molecule has 7 heteroatoms. The van der Waals surface area contributed by atoms with Gasteiger partial charge in [0.15, 0.2) is 0 Å². The molecule has 0 radical (unpaired) electrons. The third kappa shape index (κ3) is 3.08. The van der Waals surface area contributed by atoms with Crippen molar-refractivity contribution >= 4 is 23.3 Å². The molecule has 0 heterocycles. The van der Waals surface area contributed by atoms with Crippen molar-refractivity contribution in [2.75, 3.05) is 5.32 Å². The van der Waals surface area contributed by atoms with Gasteiger partial charge in [0.05, 0.1) is 5.56 Å². The maximum Gasteiger partial charge on any atom is 0.336 e. The van der Waals surface area contributed by atoms with Crippen LogP contribution in [0.1, 0.15) is 20.7 Å². The van der Waals surface area contributed by atoms with Gasteiger partial charge in [0.2, 0.25) is 0 Å². The molecule has 2 rings (SSSR count). The van der Waals surface area contributed by atoms with Gasteiger partial charge in [-0.1, -0.05) is 12.1 Å². The molecule has 0 aliphatic heterocycles. The number of nitrogens with one attached hydrogen (secondary N) is 2. The van der Waals surface area contributed by atoms with Crippen LogP contribution in [0.5, 0.6) is 0 Å². The summed E-state index contributed by atoms with van der Waals surface area (Å²) in [4.78, 5) is 34.1. The standard InChI is InChI=1S/C14H9FN2O4/c15-8-3-1-4-9(7-8)16-13(18)12-10(14(19)20)5-2-6-11(12)17-21/h1-7H,(H,16,18)(H,19,20)/p+1. The number of halogens is 1. The lowest BCUT2D eigenvalue weighted by Gasteiger charge is -2.07. The molecule has 2 aromatic carbocycles. The molecular weight excluding hydrogens is 279 g/mol. The highest BCUT2D eigenvalue weighted by Crippen LogP contribution is 2.19. The largest absolute Gasteiger partial charge is 0.478 e. The summed E-state index contributed by atoms with van der Waals surface area (Å²) in [5.74, 6) is -2.73. The second-order valence-corrected chi connectivity index (χ2v) is 4.10. The van der Waals surface area contributed by atoms with Crippen molar-refractivity contribution in [2.45, 2.75) is 0 Å². The van der Waals surface area contributed by atoms with E-state index in [9.17, 15) is 18.9 Å². The number of carbonyl (C=O) groups is 2. The number of amides is 1. The number of nitroso groups, excluding NO2 is 1. The Morgan fingerprint density at radius 2 is 1.86 bits per heavy atom. The van der Waals surface area contributed by atoms with Crippen LogP contribution in [0.4, 0.5) is 15.8 Å². The first kappa shape index (κ1) is 14.3. The van der Waals surface area contributed by atoms with Crippen molar-refractivity contribution < 1.29 is 24.3 Å². The minimum atomic E-state index is -1.35. The summed E-state index contributed by atoms with van der Waals surface area (Å²) in [6.45, 7) is 0. The Morgan fingerprint density at radius 1 is 1.14 bits per heavy atom. The minimum Gasteiger partial charge on any atom is -0.478 e. The van der Waals surface area contributed by atoms with Gasteiger partial charge < -0.3 is 10.4 Å². The molecule has 0 aliphatic carbocycles. The number of rotatable bonds is 4. The molecule has 6 nitrogen and oxygen atoms in total. The highest BCUT2D eigenvalue weighted by atomic mass is 19.1. The lowest BCUT2D eigenvalue weighted by molar-refractivity contribution is -0.379. The highest BCUT2D eigenvalue weighted by Gasteiger charge is 2.24. The molecule has 0 atom stereocenters. The molecule has 0 aromatic heterocycles. The monoisotopic (exact) mass is 289 g/mol. The van der Waals surface area contributed by atoms with Crippen LogP contribution in [0.2, 0.25) is 0 Å². The predicted octanol–water partition coefficient (Wildman–Crippen LogP) is 1.25. The van der Waals surface area contributed by atoms with E-state index in [2.05, 4.69) is 5.32 Å². The van der Waals surface area contributed by atoms with Gasteiger partial charge in [-0.2, -0.15) is 0 Å². The van der Waals surface area contributed by atoms with E-state index in [0.29, 0.717) is 0 Å². The van der Waals surface area contributed by atoms with E-state index in [0.717, 1.165) is 6.07 Å². The van der Waals surface area contributed by atoms with Gasteiger partial charge in [-0.3, -0.25) is 4.79 Å². The van der Waals surface area contributed by atoms with Crippen LogP contribution in [0.15, 0.2) is 42.5 Å². The van der Waals surface area contributed by atoms with Gasteiger partial charge >= 0.3 is 5.97 Å². The van der Waals surface area contributed by atoms with E-state index in [1.807, 2.05) is 0 Å². The predicted molar refractivity (Wildman–Crippen MR) is 71.7 cm³/mol. The Balaban J connectivity index is 2.43. The quantitative estimate of drug-likeness (QED) is 0.789. The lowest BCUT2D eigenvalue weighted by atomic mass is 10.0. The van der Waals surface area contributed by atoms with Crippen molar-refractivity contribution in [3.05, 3.63) is 64.3 Å². The van der Waals surface area contributed by atoms with E-state index in [1.165, 1.54) is 41.6 Å². The number of hydrogen-bond acceptors (Lipinski definition) is 3. The minimum absolute atomic E-state index is 0.150. The summed E-state index contributed by atoms with van der Waals surface area (Å²) in [6.07, 6.45) is 0. The smallest absolute Gasteiger partial charge is 0.336 e. The number of benzene rings is 2. The van der Waals surface area contributed by atoms with Gasteiger partial charge in [-0.15, -0.1) is 0 Å². The zero-order valence-electron chi connectivity index (χ0n) is 10.6. The fourth-order valence-corrected chi connectivity index (χ4v) is 1.82. The van der Waals surface area contributed by atoms with E-state index < -0.39 is 17.7 Å². The van der Waals surface area contributed by atoms with Crippen molar-refractivity contribution in [1.29, 1.82) is 0 Å². The lowest BCUT2D eigenvalue weighted by Crippen LogP contribution is -2.57. The number of aromatic carboxylic acids is 1. The third-order valence-corrected chi connectivity index (χ3v) is 2.71. The Hall–Kier alpha value is -3.09. The van der Waals surface area contributed by atoms with E-state index in [4.69, 9.17) is 5.11 Å². The van der Waals surface area contributed by atoms with Gasteiger partial charge in [-0.25, -0.2) is 9.18 Å². The van der Waals surface area contributed by atoms with Crippen molar-refractivity contribution in [2.24, 2.45) is 0 Å². The molecule has 0 saturated carbocycles. The van der Waals surface area contributed by atoms with Crippen LogP contribution in [-0.2, 0) is 0 Å². The molecule has 0 unspecified atom stereocenters. The Morgan fingerprint density at radius 3 is 2.48 bits per heavy atom. The molecule has 0 spiro atoms. The number of anilines is 1. The van der Waals surface area contributed by atoms with Gasteiger partial charge in [0.25, 0.3) is 11.6 Å². The molecule has 21 heavy (non-hydrogen) atoms. The average Bonchev–Trinajstić information content (AvgIpc) is 2.46. The van der Waals surface area contributed by atoms with Crippen molar-refractivity contribution in [3.63, 3.8) is 0 Å². The fourth-order valence-electron chi connectivity index (χ4n) is 1.82. The number of carbonyl (C=O) groups excluding carboxylic acids is 1. The Bertz CT molecular complexity index is 731. The summed E-state index contributed by atoms with van der Waals surface area (Å²) in [5, 5.41) is 12.9. The zero-order chi connectivity index (χ0) is 15.4. The summed E-state index contributed by atoms with van der Waals surface area (Å²) in [5.41, 5.74) is -0.671.